The van der Waals surface area contributed by atoms with Crippen LogP contribution in [0.15, 0.2) is 0 Å². The van der Waals surface area contributed by atoms with Crippen molar-refractivity contribution in [3.8, 4) is 0 Å². The van der Waals surface area contributed by atoms with Crippen LogP contribution in [-0.4, -0.2) is 27.4 Å². The van der Waals surface area contributed by atoms with E-state index in [2.05, 4.69) is 54.7 Å². The molecule has 4 heteroatoms. The maximum absolute atomic E-state index is 3.65. The van der Waals surface area contributed by atoms with Gasteiger partial charge < -0.3 is 0 Å². The van der Waals surface area contributed by atoms with E-state index in [0.29, 0.717) is 0 Å². The van der Waals surface area contributed by atoms with Crippen LogP contribution in [0.3, 0.4) is 0 Å². The zero-order valence-corrected chi connectivity index (χ0v) is 20.1. The Kier molecular flexibility index (Phi) is 19.3. The van der Waals surface area contributed by atoms with Crippen molar-refractivity contribution in [2.75, 3.05) is 22.9 Å². The van der Waals surface area contributed by atoms with Gasteiger partial charge in [0.2, 0.25) is 0 Å². The molecule has 0 amide bonds. The van der Waals surface area contributed by atoms with Gasteiger partial charge in [0.25, 0.3) is 0 Å². The lowest BCUT2D eigenvalue weighted by Crippen LogP contribution is -2.45. The standard InChI is InChI=1S/C19H39Br3N/c1-2-3-4-5-6-7-8-9-10-11-12-13-14-15-16-23(17-20,18-21)19-22/h2-19H2,1H3/q+1. The van der Waals surface area contributed by atoms with E-state index in [4.69, 9.17) is 0 Å². The SMILES string of the molecule is CCCCCCCCCCCCCCCC[N+](CBr)(CBr)CBr. The van der Waals surface area contributed by atoms with E-state index in [-0.39, 0.29) is 0 Å². The Morgan fingerprint density at radius 1 is 0.478 bits per heavy atom. The first-order chi connectivity index (χ1) is 11.2. The summed E-state index contributed by atoms with van der Waals surface area (Å²) in [6.45, 7) is 3.56. The third kappa shape index (κ3) is 14.3. The van der Waals surface area contributed by atoms with E-state index in [1.807, 2.05) is 0 Å². The van der Waals surface area contributed by atoms with Gasteiger partial charge in [0.05, 0.1) is 6.54 Å². The number of rotatable bonds is 18. The Balaban J connectivity index is 3.25. The van der Waals surface area contributed by atoms with Crippen LogP contribution in [0.5, 0.6) is 0 Å². The van der Waals surface area contributed by atoms with Crippen LogP contribution in [0, 0.1) is 0 Å². The summed E-state index contributed by atoms with van der Waals surface area (Å²) in [7, 11) is 0. The molecule has 0 aliphatic rings. The highest BCUT2D eigenvalue weighted by molar-refractivity contribution is 9.10. The van der Waals surface area contributed by atoms with Crippen LogP contribution >= 0.6 is 47.8 Å². The maximum atomic E-state index is 3.65. The molecule has 0 N–H and O–H groups in total. The van der Waals surface area contributed by atoms with Crippen molar-refractivity contribution in [2.24, 2.45) is 0 Å². The zero-order valence-electron chi connectivity index (χ0n) is 15.3. The highest BCUT2D eigenvalue weighted by Crippen LogP contribution is 2.18. The zero-order chi connectivity index (χ0) is 17.2. The second kappa shape index (κ2) is 18.2. The minimum Gasteiger partial charge on any atom is -0.297 e. The van der Waals surface area contributed by atoms with Gasteiger partial charge in [-0.25, -0.2) is 0 Å². The summed E-state index contributed by atoms with van der Waals surface area (Å²) < 4.78 is 1.08. The molecule has 0 fully saturated rings. The minimum atomic E-state index is 1.03. The lowest BCUT2D eigenvalue weighted by Gasteiger charge is -2.32. The molecule has 0 spiro atoms. The lowest BCUT2D eigenvalue weighted by atomic mass is 10.0. The fourth-order valence-corrected chi connectivity index (χ4v) is 6.16. The van der Waals surface area contributed by atoms with Gasteiger partial charge in [-0.2, -0.15) is 0 Å². The summed E-state index contributed by atoms with van der Waals surface area (Å²) in [6.07, 6.45) is 20.1. The van der Waals surface area contributed by atoms with Gasteiger partial charge in [0, 0.05) is 0 Å². The molecule has 0 aromatic heterocycles. The summed E-state index contributed by atoms with van der Waals surface area (Å²) in [5.41, 5.74) is 3.09. The van der Waals surface area contributed by atoms with E-state index in [0.717, 1.165) is 20.8 Å². The van der Waals surface area contributed by atoms with E-state index >= 15 is 0 Å². The number of alkyl halides is 3. The normalized spacial score (nSPS) is 12.0. The molecule has 1 nitrogen and oxygen atoms in total. The van der Waals surface area contributed by atoms with E-state index < -0.39 is 0 Å². The van der Waals surface area contributed by atoms with Crippen LogP contribution < -0.4 is 0 Å². The molecule has 0 radical (unpaired) electrons. The molecule has 0 aromatic rings. The van der Waals surface area contributed by atoms with E-state index in [1.54, 1.807) is 0 Å². The summed E-state index contributed by atoms with van der Waals surface area (Å²) in [5, 5.41) is 0. The highest BCUT2D eigenvalue weighted by atomic mass is 79.9. The summed E-state index contributed by atoms with van der Waals surface area (Å²) in [4.78, 5) is 0. The molecule has 0 rings (SSSR count). The molecule has 0 aliphatic heterocycles. The third-order valence-corrected chi connectivity index (χ3v) is 7.94. The molecule has 0 bridgehead atoms. The molecular weight excluding hydrogens is 482 g/mol. The van der Waals surface area contributed by atoms with E-state index in [1.165, 1.54) is 96.4 Å². The first-order valence-corrected chi connectivity index (χ1v) is 13.1. The monoisotopic (exact) mass is 518 g/mol. The summed E-state index contributed by atoms with van der Waals surface area (Å²) in [5.74, 6) is 0. The Labute approximate surface area is 171 Å². The molecule has 0 unspecified atom stereocenters. The molecule has 0 aromatic carbocycles. The maximum Gasteiger partial charge on any atom is 0.135 e. The van der Waals surface area contributed by atoms with Gasteiger partial charge in [-0.3, -0.25) is 4.48 Å². The Bertz CT molecular complexity index is 224. The Hall–Kier alpha value is 1.40. The molecule has 0 saturated heterocycles. The van der Waals surface area contributed by atoms with Crippen molar-refractivity contribution < 1.29 is 4.48 Å². The molecule has 0 atom stereocenters. The van der Waals surface area contributed by atoms with Gasteiger partial charge in [-0.05, 0) is 60.6 Å². The number of quaternary nitrogens is 1. The van der Waals surface area contributed by atoms with Gasteiger partial charge >= 0.3 is 0 Å². The molecule has 0 heterocycles. The second-order valence-corrected chi connectivity index (χ2v) is 8.52. The number of unbranched alkanes of at least 4 members (excludes halogenated alkanes) is 13. The smallest absolute Gasteiger partial charge is 0.135 e. The van der Waals surface area contributed by atoms with Crippen LogP contribution in [0.4, 0.5) is 0 Å². The molecule has 0 aliphatic carbocycles. The molecule has 23 heavy (non-hydrogen) atoms. The van der Waals surface area contributed by atoms with Crippen molar-refractivity contribution >= 4 is 47.8 Å². The third-order valence-electron chi connectivity index (χ3n) is 4.75. The quantitative estimate of drug-likeness (QED) is 0.0737. The predicted molar refractivity (Wildman–Crippen MR) is 117 cm³/mol. The number of nitrogens with zero attached hydrogens (tertiary/aromatic N) is 1. The van der Waals surface area contributed by atoms with Crippen LogP contribution in [0.1, 0.15) is 96.8 Å². The Morgan fingerprint density at radius 3 is 1.09 bits per heavy atom. The largest absolute Gasteiger partial charge is 0.297 e. The predicted octanol–water partition coefficient (Wildman–Crippen LogP) is 8.34. The lowest BCUT2D eigenvalue weighted by molar-refractivity contribution is -0.888. The number of halogens is 3. The summed E-state index contributed by atoms with van der Waals surface area (Å²) >= 11 is 10.9. The van der Waals surface area contributed by atoms with Gasteiger partial charge in [0.15, 0.2) is 0 Å². The molecule has 0 saturated carbocycles. The van der Waals surface area contributed by atoms with Crippen molar-refractivity contribution in [1.29, 1.82) is 0 Å². The van der Waals surface area contributed by atoms with Crippen molar-refractivity contribution in [1.82, 2.24) is 0 Å². The minimum absolute atomic E-state index is 1.03. The first kappa shape index (κ1) is 24.4. The van der Waals surface area contributed by atoms with Crippen LogP contribution in [0.25, 0.3) is 0 Å². The molecular formula is C19H39Br3N+. The second-order valence-electron chi connectivity index (χ2n) is 7.02. The fourth-order valence-electron chi connectivity index (χ4n) is 2.92. The van der Waals surface area contributed by atoms with Crippen molar-refractivity contribution in [2.45, 2.75) is 96.8 Å². The van der Waals surface area contributed by atoms with Gasteiger partial charge in [-0.15, -0.1) is 0 Å². The van der Waals surface area contributed by atoms with Crippen LogP contribution in [-0.2, 0) is 0 Å². The average molecular weight is 521 g/mol. The number of hydrogen-bond acceptors (Lipinski definition) is 0. The van der Waals surface area contributed by atoms with Crippen LogP contribution in [0.2, 0.25) is 0 Å². The van der Waals surface area contributed by atoms with Gasteiger partial charge in [0.1, 0.15) is 16.4 Å². The highest BCUT2D eigenvalue weighted by Gasteiger charge is 2.22. The van der Waals surface area contributed by atoms with Crippen molar-refractivity contribution in [3.63, 3.8) is 0 Å². The first-order valence-electron chi connectivity index (χ1n) is 9.77. The van der Waals surface area contributed by atoms with E-state index in [9.17, 15) is 0 Å². The van der Waals surface area contributed by atoms with Crippen molar-refractivity contribution in [3.05, 3.63) is 0 Å². The van der Waals surface area contributed by atoms with Gasteiger partial charge in [-0.1, -0.05) is 84.0 Å². The Morgan fingerprint density at radius 2 is 0.783 bits per heavy atom. The fraction of sp³-hybridized carbons (Fsp3) is 1.00. The average Bonchev–Trinajstić information content (AvgIpc) is 2.59. The topological polar surface area (TPSA) is 0 Å². The summed E-state index contributed by atoms with van der Waals surface area (Å²) in [6, 6.07) is 0. The number of hydrogen-bond donors (Lipinski definition) is 0. The molecule has 140 valence electrons.